The highest BCUT2D eigenvalue weighted by molar-refractivity contribution is 7.16. The van der Waals surface area contributed by atoms with Gasteiger partial charge < -0.3 is 14.8 Å². The lowest BCUT2D eigenvalue weighted by Gasteiger charge is -2.18. The molecule has 1 N–H and O–H groups in total. The van der Waals surface area contributed by atoms with Gasteiger partial charge in [0.05, 0.1) is 4.34 Å². The van der Waals surface area contributed by atoms with Crippen LogP contribution in [0.1, 0.15) is 10.4 Å². The molecule has 2 heterocycles. The first kappa shape index (κ1) is 12.8. The summed E-state index contributed by atoms with van der Waals surface area (Å²) in [5.74, 6) is 1.67. The molecule has 0 fully saturated rings. The summed E-state index contributed by atoms with van der Waals surface area (Å²) >= 11 is 7.50. The van der Waals surface area contributed by atoms with Gasteiger partial charge in [-0.05, 0) is 29.8 Å². The summed E-state index contributed by atoms with van der Waals surface area (Å²) < 4.78 is 11.9. The second-order valence-corrected chi connectivity index (χ2v) is 6.09. The van der Waals surface area contributed by atoms with Crippen LogP contribution in [0.2, 0.25) is 4.34 Å². The molecule has 1 aliphatic heterocycles. The fourth-order valence-electron chi connectivity index (χ4n) is 1.97. The van der Waals surface area contributed by atoms with Crippen LogP contribution < -0.4 is 14.8 Å². The molecule has 0 saturated heterocycles. The van der Waals surface area contributed by atoms with Crippen molar-refractivity contribution in [3.05, 3.63) is 45.1 Å². The first-order chi connectivity index (χ1) is 9.31. The lowest BCUT2D eigenvalue weighted by Crippen LogP contribution is -2.16. The molecule has 2 aromatic rings. The minimum atomic E-state index is 0.623. The van der Waals surface area contributed by atoms with Crippen molar-refractivity contribution in [1.82, 2.24) is 5.32 Å². The molecule has 0 aliphatic carbocycles. The molecule has 1 aromatic heterocycles. The second kappa shape index (κ2) is 5.82. The molecule has 0 saturated carbocycles. The Balaban J connectivity index is 1.58. The van der Waals surface area contributed by atoms with Crippen molar-refractivity contribution < 1.29 is 9.47 Å². The second-order valence-electron chi connectivity index (χ2n) is 4.29. The number of benzene rings is 1. The van der Waals surface area contributed by atoms with Crippen LogP contribution in [0.5, 0.6) is 11.5 Å². The summed E-state index contributed by atoms with van der Waals surface area (Å²) in [7, 11) is 0. The average molecular weight is 296 g/mol. The fraction of sp³-hybridized carbons (Fsp3) is 0.286. The highest BCUT2D eigenvalue weighted by atomic mass is 35.5. The van der Waals surface area contributed by atoms with Gasteiger partial charge in [-0.25, -0.2) is 0 Å². The van der Waals surface area contributed by atoms with Gasteiger partial charge in [0.15, 0.2) is 11.5 Å². The van der Waals surface area contributed by atoms with E-state index in [1.54, 1.807) is 11.3 Å². The van der Waals surface area contributed by atoms with E-state index in [-0.39, 0.29) is 0 Å². The number of halogens is 1. The molecule has 0 unspecified atom stereocenters. The molecule has 5 heteroatoms. The number of thiophene rings is 1. The maximum absolute atomic E-state index is 5.90. The van der Waals surface area contributed by atoms with Crippen molar-refractivity contribution in [2.45, 2.75) is 13.1 Å². The van der Waals surface area contributed by atoms with Gasteiger partial charge in [0.2, 0.25) is 0 Å². The number of nitrogens with one attached hydrogen (secondary N) is 1. The van der Waals surface area contributed by atoms with Crippen LogP contribution in [-0.2, 0) is 13.1 Å². The Labute approximate surface area is 121 Å². The van der Waals surface area contributed by atoms with Crippen LogP contribution in [0.25, 0.3) is 0 Å². The maximum atomic E-state index is 5.90. The monoisotopic (exact) mass is 295 g/mol. The normalized spacial score (nSPS) is 13.5. The van der Waals surface area contributed by atoms with E-state index in [4.69, 9.17) is 21.1 Å². The average Bonchev–Trinajstić information content (AvgIpc) is 2.84. The Kier molecular flexibility index (Phi) is 3.92. The van der Waals surface area contributed by atoms with Crippen molar-refractivity contribution in [1.29, 1.82) is 0 Å². The zero-order chi connectivity index (χ0) is 13.1. The molecule has 19 heavy (non-hydrogen) atoms. The quantitative estimate of drug-likeness (QED) is 0.937. The summed E-state index contributed by atoms with van der Waals surface area (Å²) in [5, 5.41) is 3.39. The zero-order valence-electron chi connectivity index (χ0n) is 10.3. The van der Waals surface area contributed by atoms with Gasteiger partial charge in [-0.2, -0.15) is 0 Å². The lowest BCUT2D eigenvalue weighted by molar-refractivity contribution is 0.171. The molecular weight excluding hydrogens is 282 g/mol. The summed E-state index contributed by atoms with van der Waals surface area (Å²) in [4.78, 5) is 1.24. The number of fused-ring (bicyclic) bond motifs is 1. The number of hydrogen-bond donors (Lipinski definition) is 1. The van der Waals surface area contributed by atoms with Crippen LogP contribution in [-0.4, -0.2) is 13.2 Å². The summed E-state index contributed by atoms with van der Waals surface area (Å²) in [5.41, 5.74) is 1.19. The third-order valence-corrected chi connectivity index (χ3v) is 4.09. The molecule has 0 bridgehead atoms. The fourth-order valence-corrected chi connectivity index (χ4v) is 3.03. The van der Waals surface area contributed by atoms with Gasteiger partial charge in [0.1, 0.15) is 13.2 Å². The third-order valence-electron chi connectivity index (χ3n) is 2.86. The van der Waals surface area contributed by atoms with Gasteiger partial charge in [-0.1, -0.05) is 17.7 Å². The molecule has 100 valence electrons. The molecule has 3 nitrogen and oxygen atoms in total. The molecule has 0 atom stereocenters. The minimum Gasteiger partial charge on any atom is -0.486 e. The molecule has 3 rings (SSSR count). The van der Waals surface area contributed by atoms with Crippen molar-refractivity contribution in [3.63, 3.8) is 0 Å². The minimum absolute atomic E-state index is 0.623. The van der Waals surface area contributed by atoms with Crippen LogP contribution >= 0.6 is 22.9 Å². The SMILES string of the molecule is Clc1ccc(CNCc2ccc3c(c2)OCCO3)s1. The highest BCUT2D eigenvalue weighted by Crippen LogP contribution is 2.30. The van der Waals surface area contributed by atoms with E-state index in [1.165, 1.54) is 10.4 Å². The van der Waals surface area contributed by atoms with Crippen LogP contribution in [0.15, 0.2) is 30.3 Å². The lowest BCUT2D eigenvalue weighted by atomic mass is 10.2. The van der Waals surface area contributed by atoms with E-state index in [1.807, 2.05) is 24.3 Å². The van der Waals surface area contributed by atoms with E-state index in [0.29, 0.717) is 13.2 Å². The van der Waals surface area contributed by atoms with Crippen LogP contribution in [0.4, 0.5) is 0 Å². The van der Waals surface area contributed by atoms with Crippen molar-refractivity contribution in [3.8, 4) is 11.5 Å². The van der Waals surface area contributed by atoms with Gasteiger partial charge in [0.25, 0.3) is 0 Å². The largest absolute Gasteiger partial charge is 0.486 e. The Morgan fingerprint density at radius 2 is 1.89 bits per heavy atom. The van der Waals surface area contributed by atoms with E-state index in [9.17, 15) is 0 Å². The Morgan fingerprint density at radius 1 is 1.05 bits per heavy atom. The van der Waals surface area contributed by atoms with E-state index < -0.39 is 0 Å². The Bertz CT molecular complexity index is 570. The molecule has 0 radical (unpaired) electrons. The smallest absolute Gasteiger partial charge is 0.161 e. The van der Waals surface area contributed by atoms with Crippen molar-refractivity contribution in [2.24, 2.45) is 0 Å². The van der Waals surface area contributed by atoms with Crippen LogP contribution in [0, 0.1) is 0 Å². The van der Waals surface area contributed by atoms with Gasteiger partial charge in [-0.15, -0.1) is 11.3 Å². The summed E-state index contributed by atoms with van der Waals surface area (Å²) in [6, 6.07) is 10.0. The Hall–Kier alpha value is -1.23. The van der Waals surface area contributed by atoms with Crippen molar-refractivity contribution >= 4 is 22.9 Å². The predicted molar refractivity (Wildman–Crippen MR) is 77.3 cm³/mol. The Morgan fingerprint density at radius 3 is 2.68 bits per heavy atom. The molecular formula is C14H14ClNO2S. The standard InChI is InChI=1S/C14H14ClNO2S/c15-14-4-2-11(19-14)9-16-8-10-1-3-12-13(7-10)18-6-5-17-12/h1-4,7,16H,5-6,8-9H2. The third kappa shape index (κ3) is 3.21. The predicted octanol–water partition coefficient (Wildman–Crippen LogP) is 3.46. The molecule has 0 spiro atoms. The van der Waals surface area contributed by atoms with Crippen LogP contribution in [0.3, 0.4) is 0 Å². The zero-order valence-corrected chi connectivity index (χ0v) is 11.9. The summed E-state index contributed by atoms with van der Waals surface area (Å²) in [6.07, 6.45) is 0. The topological polar surface area (TPSA) is 30.5 Å². The van der Waals surface area contributed by atoms with E-state index in [2.05, 4.69) is 11.4 Å². The highest BCUT2D eigenvalue weighted by Gasteiger charge is 2.11. The first-order valence-corrected chi connectivity index (χ1v) is 7.34. The number of rotatable bonds is 4. The van der Waals surface area contributed by atoms with E-state index >= 15 is 0 Å². The first-order valence-electron chi connectivity index (χ1n) is 6.15. The van der Waals surface area contributed by atoms with Gasteiger partial charge >= 0.3 is 0 Å². The molecule has 0 amide bonds. The maximum Gasteiger partial charge on any atom is 0.161 e. The van der Waals surface area contributed by atoms with Gasteiger partial charge in [0, 0.05) is 18.0 Å². The van der Waals surface area contributed by atoms with Gasteiger partial charge in [-0.3, -0.25) is 0 Å². The summed E-state index contributed by atoms with van der Waals surface area (Å²) in [6.45, 7) is 2.87. The van der Waals surface area contributed by atoms with Crippen molar-refractivity contribution in [2.75, 3.05) is 13.2 Å². The number of ether oxygens (including phenoxy) is 2. The number of hydrogen-bond acceptors (Lipinski definition) is 4. The molecule has 1 aliphatic rings. The van der Waals surface area contributed by atoms with E-state index in [0.717, 1.165) is 28.9 Å². The molecule has 1 aromatic carbocycles.